The second kappa shape index (κ2) is 3.81. The van der Waals surface area contributed by atoms with Crippen LogP contribution in [-0.4, -0.2) is 7.05 Å². The fourth-order valence-electron chi connectivity index (χ4n) is 0.953. The Morgan fingerprint density at radius 1 is 1.18 bits per heavy atom. The number of benzene rings is 1. The van der Waals surface area contributed by atoms with Crippen LogP contribution in [0, 0.1) is 0 Å². The molecular formula is C10H13N. The van der Waals surface area contributed by atoms with Gasteiger partial charge in [-0.1, -0.05) is 24.3 Å². The van der Waals surface area contributed by atoms with Crippen molar-refractivity contribution in [3.05, 3.63) is 35.9 Å². The maximum atomic E-state index is 3.07. The first-order valence-corrected chi connectivity index (χ1v) is 3.77. The summed E-state index contributed by atoms with van der Waals surface area (Å²) >= 11 is 0. The van der Waals surface area contributed by atoms with Crippen molar-refractivity contribution in [1.29, 1.82) is 0 Å². The minimum atomic E-state index is 1.15. The number of rotatable bonds is 2. The fourth-order valence-corrected chi connectivity index (χ4v) is 0.953. The SMILES string of the molecule is C/C=C/c1ccc(NC)cc1. The van der Waals surface area contributed by atoms with Crippen LogP contribution in [-0.2, 0) is 0 Å². The van der Waals surface area contributed by atoms with E-state index < -0.39 is 0 Å². The second-order valence-corrected chi connectivity index (χ2v) is 2.37. The van der Waals surface area contributed by atoms with Gasteiger partial charge in [0.25, 0.3) is 0 Å². The molecule has 0 heterocycles. The lowest BCUT2D eigenvalue weighted by atomic mass is 10.2. The highest BCUT2D eigenvalue weighted by Crippen LogP contribution is 2.09. The van der Waals surface area contributed by atoms with E-state index in [4.69, 9.17) is 0 Å². The fraction of sp³-hybridized carbons (Fsp3) is 0.200. The molecule has 0 bridgehead atoms. The smallest absolute Gasteiger partial charge is 0.0337 e. The van der Waals surface area contributed by atoms with Crippen molar-refractivity contribution in [3.63, 3.8) is 0 Å². The average Bonchev–Trinajstić information content (AvgIpc) is 2.07. The predicted octanol–water partition coefficient (Wildman–Crippen LogP) is 2.76. The highest BCUT2D eigenvalue weighted by atomic mass is 14.8. The molecule has 1 N–H and O–H groups in total. The first-order valence-electron chi connectivity index (χ1n) is 3.77. The largest absolute Gasteiger partial charge is 0.388 e. The van der Waals surface area contributed by atoms with Gasteiger partial charge in [0, 0.05) is 12.7 Å². The lowest BCUT2D eigenvalue weighted by Crippen LogP contribution is -1.86. The van der Waals surface area contributed by atoms with Gasteiger partial charge < -0.3 is 5.32 Å². The van der Waals surface area contributed by atoms with Gasteiger partial charge in [-0.05, 0) is 24.6 Å². The van der Waals surface area contributed by atoms with Crippen LogP contribution in [0.25, 0.3) is 6.08 Å². The molecule has 0 unspecified atom stereocenters. The molecule has 0 aromatic heterocycles. The van der Waals surface area contributed by atoms with E-state index >= 15 is 0 Å². The van der Waals surface area contributed by atoms with Crippen molar-refractivity contribution in [2.24, 2.45) is 0 Å². The van der Waals surface area contributed by atoms with Crippen LogP contribution < -0.4 is 5.32 Å². The van der Waals surface area contributed by atoms with Gasteiger partial charge in [0.2, 0.25) is 0 Å². The van der Waals surface area contributed by atoms with Crippen molar-refractivity contribution >= 4 is 11.8 Å². The summed E-state index contributed by atoms with van der Waals surface area (Å²) in [5.41, 5.74) is 2.39. The minimum absolute atomic E-state index is 1.15. The van der Waals surface area contributed by atoms with E-state index in [-0.39, 0.29) is 0 Å². The van der Waals surface area contributed by atoms with E-state index in [1.165, 1.54) is 5.56 Å². The minimum Gasteiger partial charge on any atom is -0.388 e. The van der Waals surface area contributed by atoms with Crippen LogP contribution in [0.2, 0.25) is 0 Å². The van der Waals surface area contributed by atoms with E-state index in [1.807, 2.05) is 20.0 Å². The highest BCUT2D eigenvalue weighted by Gasteiger charge is 1.86. The van der Waals surface area contributed by atoms with Crippen LogP contribution in [0.15, 0.2) is 30.3 Å². The lowest BCUT2D eigenvalue weighted by Gasteiger charge is -1.98. The summed E-state index contributed by atoms with van der Waals surface area (Å²) in [5.74, 6) is 0. The van der Waals surface area contributed by atoms with E-state index in [1.54, 1.807) is 0 Å². The Kier molecular flexibility index (Phi) is 2.73. The zero-order valence-electron chi connectivity index (χ0n) is 6.96. The zero-order chi connectivity index (χ0) is 8.10. The Labute approximate surface area is 67.8 Å². The van der Waals surface area contributed by atoms with Crippen LogP contribution >= 0.6 is 0 Å². The number of hydrogen-bond acceptors (Lipinski definition) is 1. The first-order chi connectivity index (χ1) is 5.36. The van der Waals surface area contributed by atoms with Gasteiger partial charge >= 0.3 is 0 Å². The predicted molar refractivity (Wildman–Crippen MR) is 50.7 cm³/mol. The van der Waals surface area contributed by atoms with E-state index in [9.17, 15) is 0 Å². The van der Waals surface area contributed by atoms with Crippen molar-refractivity contribution in [2.75, 3.05) is 12.4 Å². The number of nitrogens with one attached hydrogen (secondary N) is 1. The number of allylic oxidation sites excluding steroid dienone is 1. The molecule has 0 atom stereocenters. The van der Waals surface area contributed by atoms with Gasteiger partial charge in [-0.15, -0.1) is 0 Å². The molecule has 1 nitrogen and oxygen atoms in total. The molecule has 0 radical (unpaired) electrons. The molecule has 1 heteroatoms. The summed E-state index contributed by atoms with van der Waals surface area (Å²) in [5, 5.41) is 3.07. The van der Waals surface area contributed by atoms with Gasteiger partial charge in [0.1, 0.15) is 0 Å². The molecule has 0 aliphatic rings. The molecule has 58 valence electrons. The third-order valence-electron chi connectivity index (χ3n) is 1.56. The maximum absolute atomic E-state index is 3.07. The van der Waals surface area contributed by atoms with Crippen molar-refractivity contribution in [3.8, 4) is 0 Å². The Morgan fingerprint density at radius 3 is 2.27 bits per heavy atom. The third kappa shape index (κ3) is 2.11. The molecule has 0 aliphatic heterocycles. The third-order valence-corrected chi connectivity index (χ3v) is 1.56. The molecular weight excluding hydrogens is 134 g/mol. The molecule has 0 saturated carbocycles. The number of anilines is 1. The van der Waals surface area contributed by atoms with Crippen molar-refractivity contribution in [1.82, 2.24) is 0 Å². The topological polar surface area (TPSA) is 12.0 Å². The van der Waals surface area contributed by atoms with Gasteiger partial charge in [-0.2, -0.15) is 0 Å². The molecule has 1 aromatic rings. The van der Waals surface area contributed by atoms with Gasteiger partial charge in [-0.25, -0.2) is 0 Å². The first kappa shape index (κ1) is 7.86. The van der Waals surface area contributed by atoms with Crippen LogP contribution in [0.5, 0.6) is 0 Å². The summed E-state index contributed by atoms with van der Waals surface area (Å²) in [4.78, 5) is 0. The average molecular weight is 147 g/mol. The quantitative estimate of drug-likeness (QED) is 0.678. The van der Waals surface area contributed by atoms with E-state index in [0.29, 0.717) is 0 Å². The standard InChI is InChI=1S/C10H13N/c1-3-4-9-5-7-10(11-2)8-6-9/h3-8,11H,1-2H3/b4-3+. The zero-order valence-corrected chi connectivity index (χ0v) is 6.96. The molecule has 1 rings (SSSR count). The normalized spacial score (nSPS) is 10.4. The molecule has 0 amide bonds. The van der Waals surface area contributed by atoms with E-state index in [0.717, 1.165) is 5.69 Å². The molecule has 1 aromatic carbocycles. The monoisotopic (exact) mass is 147 g/mol. The molecule has 0 fully saturated rings. The Morgan fingerprint density at radius 2 is 1.82 bits per heavy atom. The summed E-state index contributed by atoms with van der Waals surface area (Å²) in [7, 11) is 1.92. The van der Waals surface area contributed by atoms with Crippen molar-refractivity contribution < 1.29 is 0 Å². The van der Waals surface area contributed by atoms with Crippen molar-refractivity contribution in [2.45, 2.75) is 6.92 Å². The number of hydrogen-bond donors (Lipinski definition) is 1. The highest BCUT2D eigenvalue weighted by molar-refractivity contribution is 5.54. The summed E-state index contributed by atoms with van der Waals surface area (Å²) in [6.07, 6.45) is 4.12. The second-order valence-electron chi connectivity index (χ2n) is 2.37. The molecule has 11 heavy (non-hydrogen) atoms. The van der Waals surface area contributed by atoms with Crippen LogP contribution in [0.1, 0.15) is 12.5 Å². The molecule has 0 spiro atoms. The maximum Gasteiger partial charge on any atom is 0.0337 e. The van der Waals surface area contributed by atoms with Gasteiger partial charge in [-0.3, -0.25) is 0 Å². The van der Waals surface area contributed by atoms with E-state index in [2.05, 4.69) is 35.7 Å². The lowest BCUT2D eigenvalue weighted by molar-refractivity contribution is 1.50. The van der Waals surface area contributed by atoms with Gasteiger partial charge in [0.05, 0.1) is 0 Å². The molecule has 0 saturated heterocycles. The summed E-state index contributed by atoms with van der Waals surface area (Å²) in [6, 6.07) is 8.31. The van der Waals surface area contributed by atoms with Crippen LogP contribution in [0.4, 0.5) is 5.69 Å². The Bertz CT molecular complexity index is 234. The Hall–Kier alpha value is -1.24. The van der Waals surface area contributed by atoms with Gasteiger partial charge in [0.15, 0.2) is 0 Å². The summed E-state index contributed by atoms with van der Waals surface area (Å²) in [6.45, 7) is 2.02. The Balaban J connectivity index is 2.82. The molecule has 0 aliphatic carbocycles. The summed E-state index contributed by atoms with van der Waals surface area (Å²) < 4.78 is 0. The van der Waals surface area contributed by atoms with Crippen LogP contribution in [0.3, 0.4) is 0 Å².